The van der Waals surface area contributed by atoms with Gasteiger partial charge in [0, 0.05) is 12.6 Å². The fourth-order valence-electron chi connectivity index (χ4n) is 2.35. The molecule has 1 aromatic rings. The lowest BCUT2D eigenvalue weighted by Gasteiger charge is -2.25. The molecule has 2 rings (SSSR count). The van der Waals surface area contributed by atoms with E-state index in [1.165, 1.54) is 11.1 Å². The second-order valence-corrected chi connectivity index (χ2v) is 5.01. The maximum atomic E-state index is 11.7. The Bertz CT molecular complexity index is 504. The molecule has 0 saturated heterocycles. The summed E-state index contributed by atoms with van der Waals surface area (Å²) < 4.78 is 0. The van der Waals surface area contributed by atoms with Gasteiger partial charge in [-0.3, -0.25) is 4.79 Å². The number of carbonyl (C=O) groups excluding carboxylic acids is 1. The maximum absolute atomic E-state index is 11.7. The largest absolute Gasteiger partial charge is 0.480 e. The first kappa shape index (κ1) is 14.3. The van der Waals surface area contributed by atoms with Crippen LogP contribution in [0.4, 0.5) is 4.79 Å². The van der Waals surface area contributed by atoms with E-state index >= 15 is 0 Å². The van der Waals surface area contributed by atoms with E-state index in [4.69, 9.17) is 10.8 Å². The Kier molecular flexibility index (Phi) is 4.57. The normalized spacial score (nSPS) is 18.8. The van der Waals surface area contributed by atoms with E-state index in [1.54, 1.807) is 0 Å². The highest BCUT2D eigenvalue weighted by molar-refractivity contribution is 5.77. The fourth-order valence-corrected chi connectivity index (χ4v) is 2.35. The Labute approximate surface area is 117 Å². The number of hydrogen-bond donors (Lipinski definition) is 4. The van der Waals surface area contributed by atoms with Crippen molar-refractivity contribution in [3.63, 3.8) is 0 Å². The van der Waals surface area contributed by atoms with E-state index in [1.807, 2.05) is 12.1 Å². The highest BCUT2D eigenvalue weighted by atomic mass is 16.4. The van der Waals surface area contributed by atoms with Crippen molar-refractivity contribution < 1.29 is 14.7 Å². The summed E-state index contributed by atoms with van der Waals surface area (Å²) >= 11 is 0. The SMILES string of the molecule is N[C@@H](CNC(=O)N[C@@H]1CCc2ccccc2C1)C(=O)O. The summed E-state index contributed by atoms with van der Waals surface area (Å²) in [5, 5.41) is 14.0. The second kappa shape index (κ2) is 6.38. The highest BCUT2D eigenvalue weighted by Crippen LogP contribution is 2.20. The zero-order chi connectivity index (χ0) is 14.5. The third-order valence-corrected chi connectivity index (χ3v) is 3.48. The first-order chi connectivity index (χ1) is 9.56. The van der Waals surface area contributed by atoms with Gasteiger partial charge in [-0.25, -0.2) is 4.79 Å². The summed E-state index contributed by atoms with van der Waals surface area (Å²) in [5.41, 5.74) is 7.91. The van der Waals surface area contributed by atoms with Crippen LogP contribution in [0.1, 0.15) is 17.5 Å². The number of fused-ring (bicyclic) bond motifs is 1. The minimum Gasteiger partial charge on any atom is -0.480 e. The third kappa shape index (κ3) is 3.71. The average Bonchev–Trinajstić information content (AvgIpc) is 2.44. The summed E-state index contributed by atoms with van der Waals surface area (Å²) in [7, 11) is 0. The molecule has 0 saturated carbocycles. The number of carbonyl (C=O) groups is 2. The van der Waals surface area contributed by atoms with Gasteiger partial charge in [0.05, 0.1) is 0 Å². The number of amides is 2. The number of benzene rings is 1. The molecule has 6 heteroatoms. The molecule has 0 radical (unpaired) electrons. The Morgan fingerprint density at radius 2 is 2.05 bits per heavy atom. The van der Waals surface area contributed by atoms with Crippen LogP contribution in [0.5, 0.6) is 0 Å². The molecule has 0 heterocycles. The van der Waals surface area contributed by atoms with Crippen molar-refractivity contribution >= 4 is 12.0 Å². The first-order valence-electron chi connectivity index (χ1n) is 6.66. The van der Waals surface area contributed by atoms with Gasteiger partial charge in [0.2, 0.25) is 0 Å². The second-order valence-electron chi connectivity index (χ2n) is 5.01. The van der Waals surface area contributed by atoms with Crippen LogP contribution >= 0.6 is 0 Å². The van der Waals surface area contributed by atoms with Crippen LogP contribution in [0.25, 0.3) is 0 Å². The summed E-state index contributed by atoms with van der Waals surface area (Å²) in [6, 6.07) is 6.82. The molecule has 2 atom stereocenters. The summed E-state index contributed by atoms with van der Waals surface area (Å²) in [6.45, 7) is -0.0789. The summed E-state index contributed by atoms with van der Waals surface area (Å²) in [5.74, 6) is -1.13. The van der Waals surface area contributed by atoms with E-state index in [0.717, 1.165) is 19.3 Å². The summed E-state index contributed by atoms with van der Waals surface area (Å²) in [6.07, 6.45) is 2.62. The monoisotopic (exact) mass is 277 g/mol. The molecule has 0 aliphatic heterocycles. The minimum absolute atomic E-state index is 0.0750. The van der Waals surface area contributed by atoms with Gasteiger partial charge in [0.15, 0.2) is 0 Å². The van der Waals surface area contributed by atoms with Crippen LogP contribution in [0.15, 0.2) is 24.3 Å². The van der Waals surface area contributed by atoms with Crippen LogP contribution in [0.2, 0.25) is 0 Å². The third-order valence-electron chi connectivity index (χ3n) is 3.48. The van der Waals surface area contributed by atoms with E-state index in [-0.39, 0.29) is 18.6 Å². The van der Waals surface area contributed by atoms with Gasteiger partial charge < -0.3 is 21.5 Å². The molecule has 0 spiro atoms. The predicted octanol–water partition coefficient (Wildman–Crippen LogP) is 0.255. The number of carboxylic acid groups (broad SMARTS) is 1. The van der Waals surface area contributed by atoms with Gasteiger partial charge in [0.1, 0.15) is 6.04 Å². The summed E-state index contributed by atoms with van der Waals surface area (Å²) in [4.78, 5) is 22.2. The number of aliphatic carboxylic acids is 1. The molecule has 20 heavy (non-hydrogen) atoms. The molecule has 2 amide bonds. The zero-order valence-corrected chi connectivity index (χ0v) is 11.1. The molecule has 0 aromatic heterocycles. The van der Waals surface area contributed by atoms with Crippen molar-refractivity contribution in [1.29, 1.82) is 0 Å². The molecule has 0 unspecified atom stereocenters. The highest BCUT2D eigenvalue weighted by Gasteiger charge is 2.20. The molecule has 6 nitrogen and oxygen atoms in total. The Morgan fingerprint density at radius 3 is 2.75 bits per heavy atom. The van der Waals surface area contributed by atoms with E-state index < -0.39 is 12.0 Å². The van der Waals surface area contributed by atoms with Crippen molar-refractivity contribution in [3.8, 4) is 0 Å². The topological polar surface area (TPSA) is 104 Å². The minimum atomic E-state index is -1.13. The van der Waals surface area contributed by atoms with Crippen molar-refractivity contribution in [2.24, 2.45) is 5.73 Å². The van der Waals surface area contributed by atoms with Gasteiger partial charge in [-0.2, -0.15) is 0 Å². The van der Waals surface area contributed by atoms with Crippen molar-refractivity contribution in [1.82, 2.24) is 10.6 Å². The standard InChI is InChI=1S/C14H19N3O3/c15-12(13(18)19)8-16-14(20)17-11-6-5-9-3-1-2-4-10(9)7-11/h1-4,11-12H,5-8,15H2,(H,18,19)(H2,16,17,20)/t11-,12+/m1/s1. The quantitative estimate of drug-likeness (QED) is 0.633. The molecular formula is C14H19N3O3. The van der Waals surface area contributed by atoms with Gasteiger partial charge in [-0.15, -0.1) is 0 Å². The lowest BCUT2D eigenvalue weighted by molar-refractivity contribution is -0.138. The van der Waals surface area contributed by atoms with Gasteiger partial charge in [0.25, 0.3) is 0 Å². The molecule has 1 aromatic carbocycles. The molecule has 1 aliphatic carbocycles. The van der Waals surface area contributed by atoms with E-state index in [9.17, 15) is 9.59 Å². The van der Waals surface area contributed by atoms with Crippen molar-refractivity contribution in [2.45, 2.75) is 31.3 Å². The Balaban J connectivity index is 1.80. The Hall–Kier alpha value is -2.08. The molecule has 108 valence electrons. The lowest BCUT2D eigenvalue weighted by Crippen LogP contribution is -2.49. The average molecular weight is 277 g/mol. The predicted molar refractivity (Wildman–Crippen MR) is 74.4 cm³/mol. The van der Waals surface area contributed by atoms with Gasteiger partial charge in [-0.1, -0.05) is 24.3 Å². The van der Waals surface area contributed by atoms with Crippen LogP contribution in [0.3, 0.4) is 0 Å². The van der Waals surface area contributed by atoms with E-state index in [0.29, 0.717) is 0 Å². The number of carboxylic acids is 1. The van der Waals surface area contributed by atoms with Crippen LogP contribution in [-0.4, -0.2) is 35.7 Å². The number of nitrogens with one attached hydrogen (secondary N) is 2. The molecule has 5 N–H and O–H groups in total. The van der Waals surface area contributed by atoms with Crippen LogP contribution < -0.4 is 16.4 Å². The number of urea groups is 1. The smallest absolute Gasteiger partial charge is 0.322 e. The van der Waals surface area contributed by atoms with Crippen molar-refractivity contribution in [3.05, 3.63) is 35.4 Å². The number of nitrogens with two attached hydrogens (primary N) is 1. The zero-order valence-electron chi connectivity index (χ0n) is 11.1. The molecule has 1 aliphatic rings. The molecular weight excluding hydrogens is 258 g/mol. The first-order valence-corrected chi connectivity index (χ1v) is 6.66. The molecule has 0 bridgehead atoms. The number of aryl methyl sites for hydroxylation is 1. The Morgan fingerprint density at radius 1 is 1.35 bits per heavy atom. The van der Waals surface area contributed by atoms with E-state index in [2.05, 4.69) is 22.8 Å². The van der Waals surface area contributed by atoms with Crippen LogP contribution in [-0.2, 0) is 17.6 Å². The lowest BCUT2D eigenvalue weighted by atomic mass is 9.88. The number of hydrogen-bond acceptors (Lipinski definition) is 3. The number of rotatable bonds is 4. The van der Waals surface area contributed by atoms with Crippen LogP contribution in [0, 0.1) is 0 Å². The maximum Gasteiger partial charge on any atom is 0.322 e. The molecule has 0 fully saturated rings. The van der Waals surface area contributed by atoms with Crippen molar-refractivity contribution in [2.75, 3.05) is 6.54 Å². The fraction of sp³-hybridized carbons (Fsp3) is 0.429. The van der Waals surface area contributed by atoms with Gasteiger partial charge >= 0.3 is 12.0 Å². The van der Waals surface area contributed by atoms with Gasteiger partial charge in [-0.05, 0) is 30.4 Å².